The summed E-state index contributed by atoms with van der Waals surface area (Å²) in [5.74, 6) is 0.960. The van der Waals surface area contributed by atoms with Crippen LogP contribution in [0.25, 0.3) is 10.9 Å². The summed E-state index contributed by atoms with van der Waals surface area (Å²) in [4.78, 5) is 16.5. The first-order chi connectivity index (χ1) is 9.34. The summed E-state index contributed by atoms with van der Waals surface area (Å²) in [6.07, 6.45) is 4.44. The van der Waals surface area contributed by atoms with Crippen LogP contribution in [0.5, 0.6) is 0 Å². The number of hydrogen-bond donors (Lipinski definition) is 0. The molecule has 94 valence electrons. The Morgan fingerprint density at radius 1 is 1.11 bits per heavy atom. The Balaban J connectivity index is 1.85. The molecule has 2 heterocycles. The van der Waals surface area contributed by atoms with Gasteiger partial charge in [-0.15, -0.1) is 0 Å². The van der Waals surface area contributed by atoms with E-state index in [9.17, 15) is 4.79 Å². The number of hydrogen-bond acceptors (Lipinski definition) is 3. The lowest BCUT2D eigenvalue weighted by Gasteiger charge is -2.04. The average molecular weight is 251 g/mol. The molecule has 0 fully saturated rings. The van der Waals surface area contributed by atoms with Crippen molar-refractivity contribution in [3.05, 3.63) is 66.2 Å². The number of aryl methyl sites for hydroxylation is 1. The van der Waals surface area contributed by atoms with Crippen LogP contribution in [0.15, 0.2) is 59.3 Å². The number of fused-ring (bicyclic) bond motifs is 1. The van der Waals surface area contributed by atoms with Crippen LogP contribution in [0.2, 0.25) is 0 Å². The molecule has 0 saturated heterocycles. The zero-order valence-corrected chi connectivity index (χ0v) is 10.4. The third-order valence-electron chi connectivity index (χ3n) is 3.12. The lowest BCUT2D eigenvalue weighted by molar-refractivity contribution is 0.0982. The number of Topliss-reactive ketones (excluding diaryl/α,β-unsaturated/α-hetero) is 1. The molecule has 0 aliphatic rings. The Kier molecular flexibility index (Phi) is 3.11. The van der Waals surface area contributed by atoms with E-state index >= 15 is 0 Å². The van der Waals surface area contributed by atoms with Gasteiger partial charge < -0.3 is 4.42 Å². The lowest BCUT2D eigenvalue weighted by Crippen LogP contribution is -2.02. The summed E-state index contributed by atoms with van der Waals surface area (Å²) in [7, 11) is 0. The van der Waals surface area contributed by atoms with Crippen molar-refractivity contribution in [2.75, 3.05) is 0 Å². The normalized spacial score (nSPS) is 10.7. The number of benzene rings is 1. The zero-order chi connectivity index (χ0) is 13.1. The van der Waals surface area contributed by atoms with E-state index in [0.717, 1.165) is 22.2 Å². The van der Waals surface area contributed by atoms with Crippen molar-refractivity contribution in [1.82, 2.24) is 4.98 Å². The van der Waals surface area contributed by atoms with Crippen LogP contribution >= 0.6 is 0 Å². The Hall–Kier alpha value is -2.42. The van der Waals surface area contributed by atoms with Gasteiger partial charge in [-0.25, -0.2) is 0 Å². The Morgan fingerprint density at radius 3 is 2.89 bits per heavy atom. The van der Waals surface area contributed by atoms with Crippen LogP contribution in [-0.2, 0) is 6.42 Å². The molecule has 3 nitrogen and oxygen atoms in total. The molecule has 2 aromatic heterocycles. The monoisotopic (exact) mass is 251 g/mol. The van der Waals surface area contributed by atoms with E-state index in [0.29, 0.717) is 12.8 Å². The molecular formula is C16H13NO2. The first-order valence-corrected chi connectivity index (χ1v) is 6.24. The van der Waals surface area contributed by atoms with E-state index in [1.807, 2.05) is 42.5 Å². The van der Waals surface area contributed by atoms with Gasteiger partial charge in [0.2, 0.25) is 0 Å². The molecule has 3 heteroatoms. The maximum Gasteiger partial charge on any atom is 0.164 e. The van der Waals surface area contributed by atoms with Gasteiger partial charge in [-0.2, -0.15) is 0 Å². The van der Waals surface area contributed by atoms with Gasteiger partial charge in [0.1, 0.15) is 5.76 Å². The van der Waals surface area contributed by atoms with E-state index in [1.54, 1.807) is 12.5 Å². The Bertz CT molecular complexity index is 696. The van der Waals surface area contributed by atoms with Crippen molar-refractivity contribution < 1.29 is 9.21 Å². The lowest BCUT2D eigenvalue weighted by atomic mass is 10.0. The van der Waals surface area contributed by atoms with Crippen molar-refractivity contribution in [3.8, 4) is 0 Å². The smallest absolute Gasteiger partial charge is 0.164 e. The molecule has 0 aliphatic heterocycles. The van der Waals surface area contributed by atoms with Gasteiger partial charge in [0, 0.05) is 30.0 Å². The summed E-state index contributed by atoms with van der Waals surface area (Å²) >= 11 is 0. The topological polar surface area (TPSA) is 43.1 Å². The molecule has 3 rings (SSSR count). The van der Waals surface area contributed by atoms with Gasteiger partial charge in [0.05, 0.1) is 11.8 Å². The van der Waals surface area contributed by atoms with Gasteiger partial charge in [-0.3, -0.25) is 9.78 Å². The predicted octanol–water partition coefficient (Wildman–Crippen LogP) is 3.64. The van der Waals surface area contributed by atoms with Crippen LogP contribution in [0.1, 0.15) is 22.5 Å². The number of carbonyl (C=O) groups is 1. The molecule has 0 N–H and O–H groups in total. The van der Waals surface area contributed by atoms with E-state index in [1.165, 1.54) is 0 Å². The summed E-state index contributed by atoms with van der Waals surface area (Å²) in [6, 6.07) is 13.1. The molecule has 0 bridgehead atoms. The van der Waals surface area contributed by atoms with Gasteiger partial charge in [-0.05, 0) is 24.3 Å². The summed E-state index contributed by atoms with van der Waals surface area (Å²) in [5.41, 5.74) is 1.59. The van der Waals surface area contributed by atoms with E-state index < -0.39 is 0 Å². The Morgan fingerprint density at radius 2 is 2.05 bits per heavy atom. The van der Waals surface area contributed by atoms with E-state index in [4.69, 9.17) is 4.42 Å². The third kappa shape index (κ3) is 2.40. The number of furan rings is 1. The minimum atomic E-state index is 0.120. The molecule has 0 atom stereocenters. The average Bonchev–Trinajstić information content (AvgIpc) is 2.97. The van der Waals surface area contributed by atoms with Crippen molar-refractivity contribution in [3.63, 3.8) is 0 Å². The van der Waals surface area contributed by atoms with Crippen LogP contribution in [0, 0.1) is 0 Å². The minimum Gasteiger partial charge on any atom is -0.469 e. The van der Waals surface area contributed by atoms with E-state index in [2.05, 4.69) is 4.98 Å². The number of carbonyl (C=O) groups excluding carboxylic acids is 1. The molecule has 0 amide bonds. The van der Waals surface area contributed by atoms with Gasteiger partial charge >= 0.3 is 0 Å². The Labute approximate surface area is 110 Å². The maximum absolute atomic E-state index is 12.3. The zero-order valence-electron chi connectivity index (χ0n) is 10.4. The summed E-state index contributed by atoms with van der Waals surface area (Å²) in [6.45, 7) is 0. The molecule has 0 unspecified atom stereocenters. The third-order valence-corrected chi connectivity index (χ3v) is 3.12. The van der Waals surface area contributed by atoms with Crippen LogP contribution < -0.4 is 0 Å². The predicted molar refractivity (Wildman–Crippen MR) is 73.1 cm³/mol. The van der Waals surface area contributed by atoms with Crippen LogP contribution in [0.4, 0.5) is 0 Å². The largest absolute Gasteiger partial charge is 0.469 e. The molecular weight excluding hydrogens is 238 g/mol. The van der Waals surface area contributed by atoms with Crippen molar-refractivity contribution in [2.24, 2.45) is 0 Å². The number of ketones is 1. The molecule has 3 aromatic rings. The molecule has 0 spiro atoms. The van der Waals surface area contributed by atoms with Crippen LogP contribution in [-0.4, -0.2) is 10.8 Å². The quantitative estimate of drug-likeness (QED) is 0.665. The summed E-state index contributed by atoms with van der Waals surface area (Å²) in [5, 5.41) is 0.912. The van der Waals surface area contributed by atoms with Gasteiger partial charge in [-0.1, -0.05) is 18.2 Å². The molecule has 0 radical (unpaired) electrons. The fraction of sp³-hybridized carbons (Fsp3) is 0.125. The second kappa shape index (κ2) is 5.06. The minimum absolute atomic E-state index is 0.120. The highest BCUT2D eigenvalue weighted by Crippen LogP contribution is 2.18. The molecule has 19 heavy (non-hydrogen) atoms. The first-order valence-electron chi connectivity index (χ1n) is 6.24. The molecule has 0 saturated carbocycles. The summed E-state index contributed by atoms with van der Waals surface area (Å²) < 4.78 is 5.24. The highest BCUT2D eigenvalue weighted by molar-refractivity contribution is 6.07. The van der Waals surface area contributed by atoms with Crippen molar-refractivity contribution >= 4 is 16.7 Å². The second-order valence-electron chi connectivity index (χ2n) is 4.38. The van der Waals surface area contributed by atoms with E-state index in [-0.39, 0.29) is 5.78 Å². The number of nitrogens with zero attached hydrogens (tertiary/aromatic N) is 1. The van der Waals surface area contributed by atoms with Crippen molar-refractivity contribution in [1.29, 1.82) is 0 Å². The standard InChI is InChI=1S/C16H13NO2/c18-16(9-8-12-4-3-11-19-12)14-5-1-7-15-13(14)6-2-10-17-15/h1-7,10-11H,8-9H2. The van der Waals surface area contributed by atoms with Crippen LogP contribution in [0.3, 0.4) is 0 Å². The molecule has 0 aliphatic carbocycles. The second-order valence-corrected chi connectivity index (χ2v) is 4.38. The van der Waals surface area contributed by atoms with Gasteiger partial charge in [0.15, 0.2) is 5.78 Å². The van der Waals surface area contributed by atoms with Crippen molar-refractivity contribution in [2.45, 2.75) is 12.8 Å². The number of aromatic nitrogens is 1. The number of rotatable bonds is 4. The number of pyridine rings is 1. The first kappa shape index (κ1) is 11.7. The highest BCUT2D eigenvalue weighted by atomic mass is 16.3. The maximum atomic E-state index is 12.3. The van der Waals surface area contributed by atoms with Gasteiger partial charge in [0.25, 0.3) is 0 Å². The fourth-order valence-corrected chi connectivity index (χ4v) is 2.17. The highest BCUT2D eigenvalue weighted by Gasteiger charge is 2.10. The SMILES string of the molecule is O=C(CCc1ccco1)c1cccc2ncccc12. The molecule has 1 aromatic carbocycles. The fourth-order valence-electron chi connectivity index (χ4n) is 2.17.